The Kier molecular flexibility index (Phi) is 5.45. The summed E-state index contributed by atoms with van der Waals surface area (Å²) in [5, 5.41) is 0.0918. The van der Waals surface area contributed by atoms with Gasteiger partial charge >= 0.3 is 0 Å². The molecular formula is C17H17ClFNO3. The van der Waals surface area contributed by atoms with Crippen LogP contribution < -0.4 is 9.47 Å². The summed E-state index contributed by atoms with van der Waals surface area (Å²) in [5.41, 5.74) is 1.13. The molecule has 6 heteroatoms. The predicted molar refractivity (Wildman–Crippen MR) is 86.8 cm³/mol. The summed E-state index contributed by atoms with van der Waals surface area (Å²) in [6.07, 6.45) is 0. The number of amides is 1. The number of ether oxygens (including phenoxy) is 2. The van der Waals surface area contributed by atoms with Gasteiger partial charge in [-0.1, -0.05) is 17.7 Å². The first kappa shape index (κ1) is 17.1. The Morgan fingerprint density at radius 3 is 2.43 bits per heavy atom. The van der Waals surface area contributed by atoms with E-state index in [1.54, 1.807) is 33.4 Å². The Morgan fingerprint density at radius 2 is 1.83 bits per heavy atom. The molecule has 2 aromatic carbocycles. The number of methoxy groups -OCH3 is 2. The summed E-state index contributed by atoms with van der Waals surface area (Å²) in [4.78, 5) is 13.9. The second kappa shape index (κ2) is 7.33. The molecule has 122 valence electrons. The van der Waals surface area contributed by atoms with Gasteiger partial charge in [-0.2, -0.15) is 0 Å². The maximum atomic E-state index is 13.1. The highest BCUT2D eigenvalue weighted by molar-refractivity contribution is 6.33. The number of benzene rings is 2. The van der Waals surface area contributed by atoms with Crippen LogP contribution in [0, 0.1) is 5.82 Å². The molecule has 0 saturated carbocycles. The smallest absolute Gasteiger partial charge is 0.255 e. The van der Waals surface area contributed by atoms with Crippen molar-refractivity contribution in [2.45, 2.75) is 6.54 Å². The van der Waals surface area contributed by atoms with Gasteiger partial charge < -0.3 is 14.4 Å². The third-order valence-corrected chi connectivity index (χ3v) is 3.69. The van der Waals surface area contributed by atoms with E-state index in [2.05, 4.69) is 0 Å². The minimum atomic E-state index is -0.478. The largest absolute Gasteiger partial charge is 0.493 e. The number of nitrogens with zero attached hydrogens (tertiary/aromatic N) is 1. The molecule has 0 heterocycles. The van der Waals surface area contributed by atoms with E-state index in [-0.39, 0.29) is 16.5 Å². The summed E-state index contributed by atoms with van der Waals surface area (Å²) in [6, 6.07) is 9.14. The van der Waals surface area contributed by atoms with Crippen LogP contribution in [0.2, 0.25) is 5.02 Å². The molecule has 0 aliphatic carbocycles. The molecule has 0 saturated heterocycles. The van der Waals surface area contributed by atoms with Crippen LogP contribution in [0.5, 0.6) is 11.5 Å². The SMILES string of the molecule is COc1ccc(CN(C)C(=O)c2ccc(F)cc2Cl)cc1OC. The lowest BCUT2D eigenvalue weighted by Gasteiger charge is -2.19. The zero-order valence-corrected chi connectivity index (χ0v) is 13.9. The first-order chi connectivity index (χ1) is 11.0. The van der Waals surface area contributed by atoms with E-state index in [1.807, 2.05) is 6.07 Å². The van der Waals surface area contributed by atoms with Crippen LogP contribution in [0.25, 0.3) is 0 Å². The maximum absolute atomic E-state index is 13.1. The quantitative estimate of drug-likeness (QED) is 0.833. The van der Waals surface area contributed by atoms with E-state index < -0.39 is 5.82 Å². The number of rotatable bonds is 5. The van der Waals surface area contributed by atoms with Crippen LogP contribution in [0.1, 0.15) is 15.9 Å². The standard InChI is InChI=1S/C17H17ClFNO3/c1-20(17(21)13-6-5-12(19)9-14(13)18)10-11-4-7-15(22-2)16(8-11)23-3/h4-9H,10H2,1-3H3. The normalized spacial score (nSPS) is 10.3. The summed E-state index contributed by atoms with van der Waals surface area (Å²) < 4.78 is 23.5. The van der Waals surface area contributed by atoms with Crippen LogP contribution >= 0.6 is 11.6 Å². The van der Waals surface area contributed by atoms with E-state index in [1.165, 1.54) is 17.0 Å². The van der Waals surface area contributed by atoms with Gasteiger partial charge in [-0.3, -0.25) is 4.79 Å². The number of hydrogen-bond donors (Lipinski definition) is 0. The Hall–Kier alpha value is -2.27. The van der Waals surface area contributed by atoms with Gasteiger partial charge in [0.1, 0.15) is 5.82 Å². The number of hydrogen-bond acceptors (Lipinski definition) is 3. The topological polar surface area (TPSA) is 38.8 Å². The second-order valence-corrected chi connectivity index (χ2v) is 5.38. The van der Waals surface area contributed by atoms with E-state index in [0.29, 0.717) is 18.0 Å². The van der Waals surface area contributed by atoms with Crippen molar-refractivity contribution in [1.29, 1.82) is 0 Å². The Labute approximate surface area is 139 Å². The molecule has 0 bridgehead atoms. The monoisotopic (exact) mass is 337 g/mol. The van der Waals surface area contributed by atoms with Gasteiger partial charge in [0.15, 0.2) is 11.5 Å². The first-order valence-corrected chi connectivity index (χ1v) is 7.25. The zero-order chi connectivity index (χ0) is 17.0. The average Bonchev–Trinajstić information content (AvgIpc) is 2.54. The summed E-state index contributed by atoms with van der Waals surface area (Å²) >= 11 is 5.93. The summed E-state index contributed by atoms with van der Waals surface area (Å²) in [7, 11) is 4.76. The second-order valence-electron chi connectivity index (χ2n) is 4.97. The van der Waals surface area contributed by atoms with Crippen molar-refractivity contribution in [3.8, 4) is 11.5 Å². The first-order valence-electron chi connectivity index (χ1n) is 6.87. The molecule has 4 nitrogen and oxygen atoms in total. The molecule has 2 rings (SSSR count). The van der Waals surface area contributed by atoms with Gasteiger partial charge in [0.25, 0.3) is 5.91 Å². The molecule has 0 aliphatic heterocycles. The van der Waals surface area contributed by atoms with Crippen LogP contribution in [-0.4, -0.2) is 32.1 Å². The molecule has 0 N–H and O–H groups in total. The number of carbonyl (C=O) groups excluding carboxylic acids is 1. The predicted octanol–water partition coefficient (Wildman–Crippen LogP) is 3.77. The van der Waals surface area contributed by atoms with Crippen LogP contribution in [0.15, 0.2) is 36.4 Å². The van der Waals surface area contributed by atoms with Gasteiger partial charge in [-0.05, 0) is 35.9 Å². The molecule has 0 aliphatic rings. The molecule has 0 unspecified atom stereocenters. The maximum Gasteiger partial charge on any atom is 0.255 e. The van der Waals surface area contributed by atoms with Gasteiger partial charge in [0, 0.05) is 13.6 Å². The highest BCUT2D eigenvalue weighted by Crippen LogP contribution is 2.28. The Balaban J connectivity index is 2.18. The van der Waals surface area contributed by atoms with Crippen molar-refractivity contribution in [3.63, 3.8) is 0 Å². The molecule has 0 spiro atoms. The van der Waals surface area contributed by atoms with Gasteiger partial charge in [0.2, 0.25) is 0 Å². The molecule has 2 aromatic rings. The van der Waals surface area contributed by atoms with Gasteiger partial charge in [-0.25, -0.2) is 4.39 Å². The lowest BCUT2D eigenvalue weighted by atomic mass is 10.1. The fourth-order valence-electron chi connectivity index (χ4n) is 2.19. The zero-order valence-electron chi connectivity index (χ0n) is 13.1. The van der Waals surface area contributed by atoms with Crippen molar-refractivity contribution in [1.82, 2.24) is 4.90 Å². The third kappa shape index (κ3) is 3.93. The molecule has 0 aromatic heterocycles. The number of halogens is 2. The summed E-state index contributed by atoms with van der Waals surface area (Å²) in [5.74, 6) is 0.441. The molecular weight excluding hydrogens is 321 g/mol. The lowest BCUT2D eigenvalue weighted by Crippen LogP contribution is -2.26. The Bertz CT molecular complexity index is 721. The van der Waals surface area contributed by atoms with E-state index in [0.717, 1.165) is 11.6 Å². The summed E-state index contributed by atoms with van der Waals surface area (Å²) in [6.45, 7) is 0.354. The molecule has 1 amide bonds. The average molecular weight is 338 g/mol. The van der Waals surface area contributed by atoms with Crippen molar-refractivity contribution in [2.75, 3.05) is 21.3 Å². The van der Waals surface area contributed by atoms with Crippen LogP contribution in [-0.2, 0) is 6.54 Å². The van der Waals surface area contributed by atoms with E-state index >= 15 is 0 Å². The molecule has 0 fully saturated rings. The molecule has 23 heavy (non-hydrogen) atoms. The molecule has 0 atom stereocenters. The highest BCUT2D eigenvalue weighted by atomic mass is 35.5. The minimum absolute atomic E-state index is 0.0918. The van der Waals surface area contributed by atoms with E-state index in [9.17, 15) is 9.18 Å². The lowest BCUT2D eigenvalue weighted by molar-refractivity contribution is 0.0785. The molecule has 0 radical (unpaired) electrons. The van der Waals surface area contributed by atoms with Gasteiger partial charge in [0.05, 0.1) is 24.8 Å². The Morgan fingerprint density at radius 1 is 1.13 bits per heavy atom. The van der Waals surface area contributed by atoms with Crippen molar-refractivity contribution in [3.05, 3.63) is 58.4 Å². The van der Waals surface area contributed by atoms with Crippen LogP contribution in [0.3, 0.4) is 0 Å². The van der Waals surface area contributed by atoms with Crippen molar-refractivity contribution in [2.24, 2.45) is 0 Å². The highest BCUT2D eigenvalue weighted by Gasteiger charge is 2.16. The fraction of sp³-hybridized carbons (Fsp3) is 0.235. The van der Waals surface area contributed by atoms with Crippen molar-refractivity contribution < 1.29 is 18.7 Å². The van der Waals surface area contributed by atoms with Crippen molar-refractivity contribution >= 4 is 17.5 Å². The third-order valence-electron chi connectivity index (χ3n) is 3.38. The minimum Gasteiger partial charge on any atom is -0.493 e. The van der Waals surface area contributed by atoms with Gasteiger partial charge in [-0.15, -0.1) is 0 Å². The number of carbonyl (C=O) groups is 1. The van der Waals surface area contributed by atoms with E-state index in [4.69, 9.17) is 21.1 Å². The fourth-order valence-corrected chi connectivity index (χ4v) is 2.44. The van der Waals surface area contributed by atoms with Crippen LogP contribution in [0.4, 0.5) is 4.39 Å².